The molecule has 1 aromatic rings. The van der Waals surface area contributed by atoms with E-state index in [1.54, 1.807) is 6.92 Å². The predicted molar refractivity (Wildman–Crippen MR) is 47.9 cm³/mol. The average molecular weight is 197 g/mol. The van der Waals surface area contributed by atoms with Crippen molar-refractivity contribution in [3.8, 4) is 0 Å². The summed E-state index contributed by atoms with van der Waals surface area (Å²) < 4.78 is 1.20. The Bertz CT molecular complexity index is 345. The third-order valence-corrected chi connectivity index (χ3v) is 1.53. The van der Waals surface area contributed by atoms with Crippen LogP contribution in [0.1, 0.15) is 17.3 Å². The second-order valence-electron chi connectivity index (χ2n) is 2.68. The van der Waals surface area contributed by atoms with Gasteiger partial charge in [0.15, 0.2) is 0 Å². The van der Waals surface area contributed by atoms with Gasteiger partial charge in [0.2, 0.25) is 0 Å². The maximum absolute atomic E-state index is 11.2. The highest BCUT2D eigenvalue weighted by Gasteiger charge is 2.08. The highest BCUT2D eigenvalue weighted by Crippen LogP contribution is 1.97. The molecule has 0 aromatic carbocycles. The summed E-state index contributed by atoms with van der Waals surface area (Å²) in [5, 5.41) is 14.8. The zero-order chi connectivity index (χ0) is 10.6. The zero-order valence-corrected chi connectivity index (χ0v) is 7.73. The third-order valence-electron chi connectivity index (χ3n) is 1.53. The van der Waals surface area contributed by atoms with Gasteiger partial charge in [0.05, 0.1) is 11.8 Å². The predicted octanol–water partition coefficient (Wildman–Crippen LogP) is -0.283. The van der Waals surface area contributed by atoms with E-state index in [0.29, 0.717) is 12.1 Å². The van der Waals surface area contributed by atoms with Crippen molar-refractivity contribution in [2.24, 2.45) is 0 Å². The lowest BCUT2D eigenvalue weighted by molar-refractivity contribution is -0.137. The fourth-order valence-electron chi connectivity index (χ4n) is 0.968. The molecule has 1 rings (SSSR count). The molecule has 0 aliphatic rings. The minimum absolute atomic E-state index is 0.237. The molecular formula is C8H11N3O3. The lowest BCUT2D eigenvalue weighted by atomic mass is 10.3. The van der Waals surface area contributed by atoms with Crippen molar-refractivity contribution in [3.63, 3.8) is 0 Å². The summed E-state index contributed by atoms with van der Waals surface area (Å²) in [6.07, 6.45) is 2.74. The molecule has 76 valence electrons. The van der Waals surface area contributed by atoms with Gasteiger partial charge in [-0.2, -0.15) is 5.10 Å². The number of nitrogens with zero attached hydrogens (tertiary/aromatic N) is 2. The van der Waals surface area contributed by atoms with Gasteiger partial charge >= 0.3 is 5.97 Å². The molecular weight excluding hydrogens is 186 g/mol. The molecule has 0 saturated heterocycles. The summed E-state index contributed by atoms with van der Waals surface area (Å²) in [6.45, 7) is 2.10. The SMILES string of the molecule is CCNC(=O)c1cnn(CC(=O)O)c1. The zero-order valence-electron chi connectivity index (χ0n) is 7.73. The number of carboxylic acid groups (broad SMARTS) is 1. The number of hydrogen-bond acceptors (Lipinski definition) is 3. The number of hydrogen-bond donors (Lipinski definition) is 2. The van der Waals surface area contributed by atoms with E-state index in [1.165, 1.54) is 17.1 Å². The first-order chi connectivity index (χ1) is 6.63. The van der Waals surface area contributed by atoms with E-state index in [1.807, 2.05) is 0 Å². The lowest BCUT2D eigenvalue weighted by Gasteiger charge is -1.96. The number of aliphatic carboxylic acids is 1. The molecule has 14 heavy (non-hydrogen) atoms. The molecule has 1 amide bonds. The highest BCUT2D eigenvalue weighted by atomic mass is 16.4. The first-order valence-corrected chi connectivity index (χ1v) is 4.16. The molecule has 0 saturated carbocycles. The van der Waals surface area contributed by atoms with Crippen LogP contribution in [0.3, 0.4) is 0 Å². The van der Waals surface area contributed by atoms with Gasteiger partial charge < -0.3 is 10.4 Å². The average Bonchev–Trinajstić information content (AvgIpc) is 2.52. The van der Waals surface area contributed by atoms with Gasteiger partial charge in [-0.25, -0.2) is 0 Å². The van der Waals surface area contributed by atoms with Gasteiger partial charge in [0, 0.05) is 12.7 Å². The minimum atomic E-state index is -0.990. The fraction of sp³-hybridized carbons (Fsp3) is 0.375. The molecule has 0 spiro atoms. The highest BCUT2D eigenvalue weighted by molar-refractivity contribution is 5.93. The summed E-state index contributed by atoms with van der Waals surface area (Å²) in [5.41, 5.74) is 0.369. The maximum atomic E-state index is 11.2. The fourth-order valence-corrected chi connectivity index (χ4v) is 0.968. The number of aromatic nitrogens is 2. The number of carbonyl (C=O) groups is 2. The van der Waals surface area contributed by atoms with Gasteiger partial charge in [0.1, 0.15) is 6.54 Å². The molecule has 0 aliphatic heterocycles. The van der Waals surface area contributed by atoms with Gasteiger partial charge in [-0.1, -0.05) is 0 Å². The summed E-state index contributed by atoms with van der Waals surface area (Å²) in [6, 6.07) is 0. The Morgan fingerprint density at radius 2 is 2.36 bits per heavy atom. The number of nitrogens with one attached hydrogen (secondary N) is 1. The Labute approximate surface area is 80.5 Å². The minimum Gasteiger partial charge on any atom is -0.480 e. The molecule has 0 aliphatic carbocycles. The van der Waals surface area contributed by atoms with Crippen LogP contribution >= 0.6 is 0 Å². The van der Waals surface area contributed by atoms with Crippen molar-refractivity contribution in [2.75, 3.05) is 6.54 Å². The molecule has 0 atom stereocenters. The normalized spacial score (nSPS) is 9.79. The van der Waals surface area contributed by atoms with Crippen molar-refractivity contribution in [1.82, 2.24) is 15.1 Å². The van der Waals surface area contributed by atoms with E-state index in [0.717, 1.165) is 0 Å². The quantitative estimate of drug-likeness (QED) is 0.695. The van der Waals surface area contributed by atoms with Crippen LogP contribution in [-0.4, -0.2) is 33.3 Å². The van der Waals surface area contributed by atoms with E-state index < -0.39 is 5.97 Å². The third kappa shape index (κ3) is 2.58. The number of rotatable bonds is 4. The van der Waals surface area contributed by atoms with E-state index in [2.05, 4.69) is 10.4 Å². The van der Waals surface area contributed by atoms with Gasteiger partial charge in [-0.3, -0.25) is 14.3 Å². The van der Waals surface area contributed by atoms with Crippen LogP contribution in [0.2, 0.25) is 0 Å². The van der Waals surface area contributed by atoms with Gasteiger partial charge in [-0.05, 0) is 6.92 Å². The summed E-state index contributed by atoms with van der Waals surface area (Å²) in [7, 11) is 0. The lowest BCUT2D eigenvalue weighted by Crippen LogP contribution is -2.22. The van der Waals surface area contributed by atoms with Crippen molar-refractivity contribution >= 4 is 11.9 Å². The maximum Gasteiger partial charge on any atom is 0.325 e. The van der Waals surface area contributed by atoms with E-state index in [-0.39, 0.29) is 12.5 Å². The Morgan fingerprint density at radius 3 is 2.93 bits per heavy atom. The van der Waals surface area contributed by atoms with Crippen molar-refractivity contribution in [1.29, 1.82) is 0 Å². The first-order valence-electron chi connectivity index (χ1n) is 4.16. The molecule has 6 nitrogen and oxygen atoms in total. The van der Waals surface area contributed by atoms with Crippen LogP contribution in [-0.2, 0) is 11.3 Å². The summed E-state index contributed by atoms with van der Waals surface area (Å²) >= 11 is 0. The van der Waals surface area contributed by atoms with Crippen LogP contribution in [0, 0.1) is 0 Å². The molecule has 0 bridgehead atoms. The molecule has 0 radical (unpaired) electrons. The largest absolute Gasteiger partial charge is 0.480 e. The van der Waals surface area contributed by atoms with Crippen molar-refractivity contribution < 1.29 is 14.7 Å². The number of carbonyl (C=O) groups excluding carboxylic acids is 1. The topological polar surface area (TPSA) is 84.2 Å². The molecule has 1 heterocycles. The van der Waals surface area contributed by atoms with Gasteiger partial charge in [-0.15, -0.1) is 0 Å². The van der Waals surface area contributed by atoms with Crippen LogP contribution in [0.25, 0.3) is 0 Å². The van der Waals surface area contributed by atoms with E-state index >= 15 is 0 Å². The Balaban J connectivity index is 2.67. The summed E-state index contributed by atoms with van der Waals surface area (Å²) in [4.78, 5) is 21.5. The second kappa shape index (κ2) is 4.40. The van der Waals surface area contributed by atoms with Crippen LogP contribution in [0.15, 0.2) is 12.4 Å². The van der Waals surface area contributed by atoms with Crippen molar-refractivity contribution in [2.45, 2.75) is 13.5 Å². The van der Waals surface area contributed by atoms with Crippen LogP contribution in [0.4, 0.5) is 0 Å². The Kier molecular flexibility index (Phi) is 3.22. The number of amides is 1. The van der Waals surface area contributed by atoms with Crippen LogP contribution < -0.4 is 5.32 Å². The van der Waals surface area contributed by atoms with Crippen molar-refractivity contribution in [3.05, 3.63) is 18.0 Å². The Hall–Kier alpha value is -1.85. The molecule has 1 aromatic heterocycles. The smallest absolute Gasteiger partial charge is 0.325 e. The van der Waals surface area contributed by atoms with Crippen LogP contribution in [0.5, 0.6) is 0 Å². The summed E-state index contributed by atoms with van der Waals surface area (Å²) in [5.74, 6) is -1.24. The Morgan fingerprint density at radius 1 is 1.64 bits per heavy atom. The molecule has 6 heteroatoms. The number of carboxylic acids is 1. The van der Waals surface area contributed by atoms with E-state index in [9.17, 15) is 9.59 Å². The molecule has 0 fully saturated rings. The molecule has 0 unspecified atom stereocenters. The monoisotopic (exact) mass is 197 g/mol. The standard InChI is InChI=1S/C8H11N3O3/c1-2-9-8(14)6-3-10-11(4-6)5-7(12)13/h3-4H,2,5H2,1H3,(H,9,14)(H,12,13). The second-order valence-corrected chi connectivity index (χ2v) is 2.68. The van der Waals surface area contributed by atoms with E-state index in [4.69, 9.17) is 5.11 Å². The molecule has 2 N–H and O–H groups in total. The first kappa shape index (κ1) is 10.2. The van der Waals surface area contributed by atoms with Gasteiger partial charge in [0.25, 0.3) is 5.91 Å².